The minimum atomic E-state index is -0.743. The van der Waals surface area contributed by atoms with Crippen molar-refractivity contribution in [1.29, 1.82) is 0 Å². The monoisotopic (exact) mass is 311 g/mol. The highest BCUT2D eigenvalue weighted by Gasteiger charge is 2.18. The van der Waals surface area contributed by atoms with E-state index in [1.807, 2.05) is 0 Å². The first-order valence-corrected chi connectivity index (χ1v) is 6.62. The van der Waals surface area contributed by atoms with Gasteiger partial charge in [0.2, 0.25) is 5.76 Å². The van der Waals surface area contributed by atoms with E-state index in [1.54, 1.807) is 25.1 Å². The molecule has 0 aliphatic carbocycles. The molecule has 6 nitrogen and oxygen atoms in total. The van der Waals surface area contributed by atoms with Gasteiger partial charge in [-0.05, 0) is 24.6 Å². The van der Waals surface area contributed by atoms with Gasteiger partial charge in [-0.15, -0.1) is 0 Å². The quantitative estimate of drug-likeness (QED) is 0.861. The summed E-state index contributed by atoms with van der Waals surface area (Å²) in [5, 5.41) is 3.16. The fourth-order valence-corrected chi connectivity index (χ4v) is 1.78. The van der Waals surface area contributed by atoms with Crippen molar-refractivity contribution in [3.05, 3.63) is 40.8 Å². The molecule has 1 aromatic rings. The molecule has 0 unspecified atom stereocenters. The van der Waals surface area contributed by atoms with Gasteiger partial charge in [-0.1, -0.05) is 17.7 Å². The molecule has 0 spiro atoms. The number of hydrogen-bond acceptors (Lipinski definition) is 5. The third-order valence-electron chi connectivity index (χ3n) is 2.73. The number of carbonyl (C=O) groups excluding carboxylic acids is 2. The highest BCUT2D eigenvalue weighted by atomic mass is 35.5. The maximum atomic E-state index is 11.7. The van der Waals surface area contributed by atoms with E-state index in [2.05, 4.69) is 5.32 Å². The Morgan fingerprint density at radius 1 is 1.38 bits per heavy atom. The van der Waals surface area contributed by atoms with Gasteiger partial charge in [0.1, 0.15) is 19.5 Å². The maximum absolute atomic E-state index is 11.7. The zero-order chi connectivity index (χ0) is 15.2. The Hall–Kier alpha value is -2.21. The Bertz CT molecular complexity index is 585. The van der Waals surface area contributed by atoms with Crippen LogP contribution in [0.3, 0.4) is 0 Å². The van der Waals surface area contributed by atoms with E-state index in [1.165, 1.54) is 6.26 Å². The molecule has 2 rings (SSSR count). The molecule has 1 amide bonds. The molecule has 0 saturated heterocycles. The Balaban J connectivity index is 1.86. The summed E-state index contributed by atoms with van der Waals surface area (Å²) in [5.74, 6) is -1.26. The number of nitrogens with one attached hydrogen (secondary N) is 1. The second-order valence-electron chi connectivity index (χ2n) is 4.24. The highest BCUT2D eigenvalue weighted by molar-refractivity contribution is 6.31. The predicted octanol–water partition coefficient (Wildman–Crippen LogP) is 2.02. The zero-order valence-electron chi connectivity index (χ0n) is 11.3. The first kappa shape index (κ1) is 15.2. The molecule has 0 fully saturated rings. The van der Waals surface area contributed by atoms with E-state index in [-0.39, 0.29) is 12.4 Å². The maximum Gasteiger partial charge on any atom is 0.377 e. The SMILES string of the molecule is Cc1c(Cl)cccc1NC(=O)COC(=O)C1=COCCO1. The molecule has 1 aliphatic rings. The lowest BCUT2D eigenvalue weighted by molar-refractivity contribution is -0.148. The van der Waals surface area contributed by atoms with Gasteiger partial charge in [0.25, 0.3) is 5.91 Å². The van der Waals surface area contributed by atoms with Crippen LogP contribution in [0.1, 0.15) is 5.56 Å². The van der Waals surface area contributed by atoms with E-state index < -0.39 is 18.5 Å². The second-order valence-corrected chi connectivity index (χ2v) is 4.65. The van der Waals surface area contributed by atoms with Crippen LogP contribution in [0.5, 0.6) is 0 Å². The number of esters is 1. The van der Waals surface area contributed by atoms with Gasteiger partial charge in [-0.3, -0.25) is 4.79 Å². The molecule has 21 heavy (non-hydrogen) atoms. The Morgan fingerprint density at radius 3 is 2.90 bits per heavy atom. The summed E-state index contributed by atoms with van der Waals surface area (Å²) >= 11 is 5.95. The molecule has 0 radical (unpaired) electrons. The number of amides is 1. The molecule has 0 saturated carbocycles. The average molecular weight is 312 g/mol. The molecular weight excluding hydrogens is 298 g/mol. The van der Waals surface area contributed by atoms with E-state index >= 15 is 0 Å². The summed E-state index contributed by atoms with van der Waals surface area (Å²) in [7, 11) is 0. The van der Waals surface area contributed by atoms with Crippen molar-refractivity contribution in [3.8, 4) is 0 Å². The summed E-state index contributed by atoms with van der Waals surface area (Å²) in [5.41, 5.74) is 1.31. The molecule has 0 aromatic heterocycles. The molecule has 0 bridgehead atoms. The lowest BCUT2D eigenvalue weighted by Gasteiger charge is -2.14. The van der Waals surface area contributed by atoms with Crippen molar-refractivity contribution in [2.24, 2.45) is 0 Å². The topological polar surface area (TPSA) is 73.9 Å². The summed E-state index contributed by atoms with van der Waals surface area (Å²) in [4.78, 5) is 23.3. The van der Waals surface area contributed by atoms with Crippen LogP contribution in [0.2, 0.25) is 5.02 Å². The van der Waals surface area contributed by atoms with Gasteiger partial charge < -0.3 is 19.5 Å². The van der Waals surface area contributed by atoms with E-state index in [0.29, 0.717) is 17.3 Å². The molecule has 0 atom stereocenters. The van der Waals surface area contributed by atoms with Crippen LogP contribution in [0, 0.1) is 6.92 Å². The van der Waals surface area contributed by atoms with Gasteiger partial charge in [-0.2, -0.15) is 0 Å². The van der Waals surface area contributed by atoms with E-state index in [0.717, 1.165) is 5.56 Å². The number of carbonyl (C=O) groups is 2. The number of rotatable bonds is 4. The molecule has 1 N–H and O–H groups in total. The number of halogens is 1. The van der Waals surface area contributed by atoms with Crippen LogP contribution in [-0.4, -0.2) is 31.7 Å². The minimum Gasteiger partial charge on any atom is -0.493 e. The molecule has 112 valence electrons. The van der Waals surface area contributed by atoms with Gasteiger partial charge in [0.05, 0.1) is 0 Å². The molecule has 1 heterocycles. The van der Waals surface area contributed by atoms with Crippen LogP contribution < -0.4 is 5.32 Å². The Kier molecular flexibility index (Phi) is 5.05. The minimum absolute atomic E-state index is 0.0482. The third kappa shape index (κ3) is 4.13. The Morgan fingerprint density at radius 2 is 2.19 bits per heavy atom. The molecule has 1 aliphatic heterocycles. The number of anilines is 1. The first-order chi connectivity index (χ1) is 10.1. The first-order valence-electron chi connectivity index (χ1n) is 6.24. The number of ether oxygens (including phenoxy) is 3. The summed E-state index contributed by atoms with van der Waals surface area (Å²) in [6.45, 7) is 2.01. The van der Waals surface area contributed by atoms with Crippen LogP contribution >= 0.6 is 11.6 Å². The van der Waals surface area contributed by atoms with Gasteiger partial charge in [0, 0.05) is 10.7 Å². The van der Waals surface area contributed by atoms with Crippen molar-refractivity contribution < 1.29 is 23.8 Å². The third-order valence-corrected chi connectivity index (χ3v) is 3.14. The van der Waals surface area contributed by atoms with Crippen LogP contribution in [0.25, 0.3) is 0 Å². The second kappa shape index (κ2) is 6.99. The van der Waals surface area contributed by atoms with Gasteiger partial charge in [-0.25, -0.2) is 4.79 Å². The number of hydrogen-bond donors (Lipinski definition) is 1. The fraction of sp³-hybridized carbons (Fsp3) is 0.286. The van der Waals surface area contributed by atoms with E-state index in [4.69, 9.17) is 25.8 Å². The Labute approximate surface area is 126 Å². The van der Waals surface area contributed by atoms with Crippen LogP contribution in [-0.2, 0) is 23.8 Å². The molecule has 7 heteroatoms. The summed E-state index contributed by atoms with van der Waals surface area (Å²) in [6.07, 6.45) is 1.17. The smallest absolute Gasteiger partial charge is 0.377 e. The van der Waals surface area contributed by atoms with Crippen LogP contribution in [0.15, 0.2) is 30.2 Å². The predicted molar refractivity (Wildman–Crippen MR) is 75.8 cm³/mol. The normalized spacial score (nSPS) is 13.5. The standard InChI is InChI=1S/C14H14ClNO5/c1-9-10(15)3-2-4-11(9)16-13(17)8-21-14(18)12-7-19-5-6-20-12/h2-4,7H,5-6,8H2,1H3,(H,16,17). The summed E-state index contributed by atoms with van der Waals surface area (Å²) in [6, 6.07) is 5.15. The lowest BCUT2D eigenvalue weighted by Crippen LogP contribution is -2.24. The van der Waals surface area contributed by atoms with Gasteiger partial charge >= 0.3 is 5.97 Å². The highest BCUT2D eigenvalue weighted by Crippen LogP contribution is 2.22. The van der Waals surface area contributed by atoms with Crippen molar-refractivity contribution >= 4 is 29.2 Å². The molecule has 1 aromatic carbocycles. The fourth-order valence-electron chi connectivity index (χ4n) is 1.61. The molecular formula is C14H14ClNO5. The average Bonchev–Trinajstić information content (AvgIpc) is 2.50. The lowest BCUT2D eigenvalue weighted by atomic mass is 10.2. The van der Waals surface area contributed by atoms with Crippen molar-refractivity contribution in [3.63, 3.8) is 0 Å². The van der Waals surface area contributed by atoms with Crippen molar-refractivity contribution in [2.45, 2.75) is 6.92 Å². The van der Waals surface area contributed by atoms with Crippen LogP contribution in [0.4, 0.5) is 5.69 Å². The van der Waals surface area contributed by atoms with Gasteiger partial charge in [0.15, 0.2) is 6.61 Å². The largest absolute Gasteiger partial charge is 0.493 e. The zero-order valence-corrected chi connectivity index (χ0v) is 12.1. The van der Waals surface area contributed by atoms with Crippen molar-refractivity contribution in [2.75, 3.05) is 25.1 Å². The summed E-state index contributed by atoms with van der Waals surface area (Å²) < 4.78 is 14.8. The van der Waals surface area contributed by atoms with Crippen molar-refractivity contribution in [1.82, 2.24) is 0 Å². The van der Waals surface area contributed by atoms with E-state index in [9.17, 15) is 9.59 Å². The number of benzene rings is 1.